The first-order valence-corrected chi connectivity index (χ1v) is 5.38. The Morgan fingerprint density at radius 3 is 2.56 bits per heavy atom. The van der Waals surface area contributed by atoms with Crippen molar-refractivity contribution >= 4 is 5.91 Å². The second-order valence-electron chi connectivity index (χ2n) is 4.24. The number of oxazole rings is 1. The topological polar surface area (TPSA) is 81.2 Å². The van der Waals surface area contributed by atoms with Crippen LogP contribution in [0.1, 0.15) is 31.2 Å². The molecule has 3 N–H and O–H groups in total. The summed E-state index contributed by atoms with van der Waals surface area (Å²) >= 11 is 0. The standard InChI is InChI=1S/C11H19N3O2/c1-6(2)10(12)11(15)13-5-9-14-7(3)8(4)16-9/h6,10H,5,12H2,1-4H3,(H,13,15)/t10-/m0/s1. The number of amides is 1. The van der Waals surface area contributed by atoms with Gasteiger partial charge in [-0.1, -0.05) is 13.8 Å². The lowest BCUT2D eigenvalue weighted by molar-refractivity contribution is -0.123. The van der Waals surface area contributed by atoms with Crippen LogP contribution in [0.5, 0.6) is 0 Å². The van der Waals surface area contributed by atoms with Gasteiger partial charge in [0.1, 0.15) is 5.76 Å². The highest BCUT2D eigenvalue weighted by atomic mass is 16.4. The van der Waals surface area contributed by atoms with E-state index >= 15 is 0 Å². The van der Waals surface area contributed by atoms with E-state index in [0.717, 1.165) is 11.5 Å². The maximum Gasteiger partial charge on any atom is 0.237 e. The molecule has 0 saturated heterocycles. The molecule has 1 heterocycles. The minimum atomic E-state index is -0.489. The highest BCUT2D eigenvalue weighted by molar-refractivity contribution is 5.81. The highest BCUT2D eigenvalue weighted by Gasteiger charge is 2.17. The molecule has 5 nitrogen and oxygen atoms in total. The van der Waals surface area contributed by atoms with Crippen molar-refractivity contribution < 1.29 is 9.21 Å². The number of aromatic nitrogens is 1. The predicted molar refractivity (Wildman–Crippen MR) is 60.6 cm³/mol. The summed E-state index contributed by atoms with van der Waals surface area (Å²) in [5, 5.41) is 2.70. The molecule has 0 aliphatic heterocycles. The van der Waals surface area contributed by atoms with E-state index in [2.05, 4.69) is 10.3 Å². The lowest BCUT2D eigenvalue weighted by Gasteiger charge is -2.14. The average molecular weight is 225 g/mol. The molecular weight excluding hydrogens is 206 g/mol. The molecule has 5 heteroatoms. The van der Waals surface area contributed by atoms with Crippen molar-refractivity contribution in [3.63, 3.8) is 0 Å². The van der Waals surface area contributed by atoms with Gasteiger partial charge >= 0.3 is 0 Å². The van der Waals surface area contributed by atoms with E-state index in [0.29, 0.717) is 5.89 Å². The van der Waals surface area contributed by atoms with Gasteiger partial charge in [0.25, 0.3) is 0 Å². The second kappa shape index (κ2) is 5.12. The van der Waals surface area contributed by atoms with Crippen LogP contribution in [0.2, 0.25) is 0 Å². The number of nitrogens with two attached hydrogens (primary N) is 1. The van der Waals surface area contributed by atoms with E-state index in [1.807, 2.05) is 27.7 Å². The Labute approximate surface area is 95.4 Å². The van der Waals surface area contributed by atoms with Crippen LogP contribution in [-0.4, -0.2) is 16.9 Å². The molecule has 90 valence electrons. The minimum absolute atomic E-state index is 0.119. The van der Waals surface area contributed by atoms with Crippen molar-refractivity contribution in [2.75, 3.05) is 0 Å². The van der Waals surface area contributed by atoms with Gasteiger partial charge in [-0.05, 0) is 19.8 Å². The summed E-state index contributed by atoms with van der Waals surface area (Å²) in [5.41, 5.74) is 6.54. The van der Waals surface area contributed by atoms with Gasteiger partial charge in [0, 0.05) is 0 Å². The Morgan fingerprint density at radius 2 is 2.12 bits per heavy atom. The molecule has 0 aliphatic rings. The van der Waals surface area contributed by atoms with Gasteiger partial charge in [-0.2, -0.15) is 0 Å². The van der Waals surface area contributed by atoms with E-state index < -0.39 is 6.04 Å². The first-order chi connectivity index (χ1) is 7.41. The molecule has 1 aromatic rings. The molecule has 0 spiro atoms. The number of carbonyl (C=O) groups excluding carboxylic acids is 1. The molecule has 0 radical (unpaired) electrons. The van der Waals surface area contributed by atoms with Crippen molar-refractivity contribution in [3.05, 3.63) is 17.3 Å². The number of carbonyl (C=O) groups is 1. The summed E-state index contributed by atoms with van der Waals surface area (Å²) < 4.78 is 5.34. The molecule has 1 aromatic heterocycles. The largest absolute Gasteiger partial charge is 0.444 e. The maximum absolute atomic E-state index is 11.5. The lowest BCUT2D eigenvalue weighted by atomic mass is 10.1. The van der Waals surface area contributed by atoms with Crippen LogP contribution >= 0.6 is 0 Å². The third-order valence-corrected chi connectivity index (χ3v) is 2.51. The third kappa shape index (κ3) is 3.06. The van der Waals surface area contributed by atoms with Gasteiger partial charge in [-0.15, -0.1) is 0 Å². The van der Waals surface area contributed by atoms with Gasteiger partial charge in [-0.25, -0.2) is 4.98 Å². The minimum Gasteiger partial charge on any atom is -0.444 e. The molecule has 16 heavy (non-hydrogen) atoms. The van der Waals surface area contributed by atoms with Crippen molar-refractivity contribution in [1.82, 2.24) is 10.3 Å². The smallest absolute Gasteiger partial charge is 0.237 e. The Balaban J connectivity index is 2.49. The fourth-order valence-electron chi connectivity index (χ4n) is 1.20. The summed E-state index contributed by atoms with van der Waals surface area (Å²) in [6, 6.07) is -0.489. The van der Waals surface area contributed by atoms with Crippen LogP contribution < -0.4 is 11.1 Å². The Kier molecular flexibility index (Phi) is 4.06. The number of rotatable bonds is 4. The van der Waals surface area contributed by atoms with Crippen molar-refractivity contribution in [3.8, 4) is 0 Å². The van der Waals surface area contributed by atoms with Crippen LogP contribution in [0.3, 0.4) is 0 Å². The van der Waals surface area contributed by atoms with Gasteiger partial charge in [0.2, 0.25) is 11.8 Å². The maximum atomic E-state index is 11.5. The predicted octanol–water partition coefficient (Wildman–Crippen LogP) is 0.891. The SMILES string of the molecule is Cc1nc(CNC(=O)[C@@H](N)C(C)C)oc1C. The summed E-state index contributed by atoms with van der Waals surface area (Å²) in [5.74, 6) is 1.23. The van der Waals surface area contributed by atoms with Gasteiger partial charge in [-0.3, -0.25) is 4.79 Å². The monoisotopic (exact) mass is 225 g/mol. The zero-order valence-electron chi connectivity index (χ0n) is 10.2. The fourth-order valence-corrected chi connectivity index (χ4v) is 1.20. The molecule has 0 bridgehead atoms. The van der Waals surface area contributed by atoms with Gasteiger partial charge in [0.05, 0.1) is 18.3 Å². The number of aryl methyl sites for hydroxylation is 2. The van der Waals surface area contributed by atoms with E-state index in [9.17, 15) is 4.79 Å². The van der Waals surface area contributed by atoms with Crippen LogP contribution in [0.15, 0.2) is 4.42 Å². The zero-order chi connectivity index (χ0) is 12.3. The molecule has 0 aromatic carbocycles. The first kappa shape index (κ1) is 12.7. The number of hydrogen-bond donors (Lipinski definition) is 2. The molecule has 0 fully saturated rings. The van der Waals surface area contributed by atoms with E-state index in [4.69, 9.17) is 10.2 Å². The van der Waals surface area contributed by atoms with E-state index in [1.54, 1.807) is 0 Å². The lowest BCUT2D eigenvalue weighted by Crippen LogP contribution is -2.43. The van der Waals surface area contributed by atoms with Crippen LogP contribution in [0, 0.1) is 19.8 Å². The molecule has 1 atom stereocenters. The quantitative estimate of drug-likeness (QED) is 0.797. The van der Waals surface area contributed by atoms with Gasteiger partial charge in [0.15, 0.2) is 0 Å². The Hall–Kier alpha value is -1.36. The third-order valence-electron chi connectivity index (χ3n) is 2.51. The Morgan fingerprint density at radius 1 is 1.50 bits per heavy atom. The number of nitrogens with one attached hydrogen (secondary N) is 1. The number of hydrogen-bond acceptors (Lipinski definition) is 4. The number of nitrogens with zero attached hydrogens (tertiary/aromatic N) is 1. The summed E-state index contributed by atoms with van der Waals surface area (Å²) in [6.45, 7) is 7.80. The second-order valence-corrected chi connectivity index (χ2v) is 4.24. The van der Waals surface area contributed by atoms with Crippen molar-refractivity contribution in [2.24, 2.45) is 11.7 Å². The van der Waals surface area contributed by atoms with E-state index in [-0.39, 0.29) is 18.4 Å². The van der Waals surface area contributed by atoms with Crippen molar-refractivity contribution in [2.45, 2.75) is 40.3 Å². The summed E-state index contributed by atoms with van der Waals surface area (Å²) in [6.07, 6.45) is 0. The van der Waals surface area contributed by atoms with Gasteiger partial charge < -0.3 is 15.5 Å². The highest BCUT2D eigenvalue weighted by Crippen LogP contribution is 2.08. The molecule has 0 unspecified atom stereocenters. The Bertz CT molecular complexity index is 352. The summed E-state index contributed by atoms with van der Waals surface area (Å²) in [4.78, 5) is 15.7. The molecular formula is C11H19N3O2. The molecule has 1 rings (SSSR count). The fraction of sp³-hybridized carbons (Fsp3) is 0.636. The van der Waals surface area contributed by atoms with Crippen LogP contribution in [0.25, 0.3) is 0 Å². The van der Waals surface area contributed by atoms with Crippen molar-refractivity contribution in [1.29, 1.82) is 0 Å². The summed E-state index contributed by atoms with van der Waals surface area (Å²) in [7, 11) is 0. The molecule has 0 aliphatic carbocycles. The van der Waals surface area contributed by atoms with E-state index in [1.165, 1.54) is 0 Å². The van der Waals surface area contributed by atoms with Crippen LogP contribution in [-0.2, 0) is 11.3 Å². The molecule has 1 amide bonds. The normalized spacial score (nSPS) is 12.9. The average Bonchev–Trinajstić information content (AvgIpc) is 2.53. The molecule has 0 saturated carbocycles. The first-order valence-electron chi connectivity index (χ1n) is 5.38. The zero-order valence-corrected chi connectivity index (χ0v) is 10.2. The van der Waals surface area contributed by atoms with Crippen LogP contribution in [0.4, 0.5) is 0 Å².